The molecular formula is C15H19BrClNO. The van der Waals surface area contributed by atoms with Crippen LogP contribution in [0.25, 0.3) is 0 Å². The van der Waals surface area contributed by atoms with E-state index in [1.807, 2.05) is 19.1 Å². The van der Waals surface area contributed by atoms with Gasteiger partial charge in [0.15, 0.2) is 0 Å². The highest BCUT2D eigenvalue weighted by molar-refractivity contribution is 9.09. The fourth-order valence-electron chi connectivity index (χ4n) is 2.46. The summed E-state index contributed by atoms with van der Waals surface area (Å²) in [4.78, 5) is 12.7. The Morgan fingerprint density at radius 2 is 2.05 bits per heavy atom. The first kappa shape index (κ1) is 14.9. The number of nitrogens with one attached hydrogen (secondary N) is 1. The van der Waals surface area contributed by atoms with Crippen molar-refractivity contribution < 1.29 is 4.79 Å². The normalized spacial score (nSPS) is 23.1. The van der Waals surface area contributed by atoms with Crippen molar-refractivity contribution in [2.75, 3.05) is 6.54 Å². The van der Waals surface area contributed by atoms with Crippen molar-refractivity contribution in [1.29, 1.82) is 0 Å². The van der Waals surface area contributed by atoms with Crippen LogP contribution in [0.5, 0.6) is 0 Å². The van der Waals surface area contributed by atoms with E-state index >= 15 is 0 Å². The molecule has 1 amide bonds. The van der Waals surface area contributed by atoms with E-state index in [4.69, 9.17) is 11.6 Å². The average molecular weight is 345 g/mol. The van der Waals surface area contributed by atoms with Gasteiger partial charge in [-0.1, -0.05) is 33.6 Å². The molecule has 0 bridgehead atoms. The second kappa shape index (κ2) is 6.76. The van der Waals surface area contributed by atoms with Crippen molar-refractivity contribution >= 4 is 33.4 Å². The Labute approximate surface area is 128 Å². The lowest BCUT2D eigenvalue weighted by atomic mass is 9.89. The van der Waals surface area contributed by atoms with Gasteiger partial charge in [0.2, 0.25) is 0 Å². The smallest absolute Gasteiger partial charge is 0.252 e. The fourth-order valence-corrected chi connectivity index (χ4v) is 3.31. The molecule has 104 valence electrons. The third kappa shape index (κ3) is 4.22. The van der Waals surface area contributed by atoms with Gasteiger partial charge in [-0.25, -0.2) is 0 Å². The van der Waals surface area contributed by atoms with Gasteiger partial charge in [0, 0.05) is 11.4 Å². The highest BCUT2D eigenvalue weighted by Gasteiger charge is 2.20. The van der Waals surface area contributed by atoms with Crippen molar-refractivity contribution in [3.63, 3.8) is 0 Å². The Morgan fingerprint density at radius 1 is 1.37 bits per heavy atom. The molecule has 0 heterocycles. The van der Waals surface area contributed by atoms with Crippen LogP contribution in [0.15, 0.2) is 18.2 Å². The van der Waals surface area contributed by atoms with Gasteiger partial charge in [-0.3, -0.25) is 4.79 Å². The predicted molar refractivity (Wildman–Crippen MR) is 83.2 cm³/mol. The van der Waals surface area contributed by atoms with E-state index in [0.717, 1.165) is 12.1 Å². The zero-order chi connectivity index (χ0) is 13.8. The molecule has 4 heteroatoms. The maximum atomic E-state index is 12.1. The molecule has 1 aromatic carbocycles. The molecule has 1 aliphatic carbocycles. The van der Waals surface area contributed by atoms with Gasteiger partial charge in [-0.15, -0.1) is 0 Å². The van der Waals surface area contributed by atoms with Crippen LogP contribution in [0.4, 0.5) is 0 Å². The first-order valence-electron chi connectivity index (χ1n) is 6.74. The predicted octanol–water partition coefficient (Wildman–Crippen LogP) is 4.33. The molecule has 0 aromatic heterocycles. The minimum absolute atomic E-state index is 0.0639. The summed E-state index contributed by atoms with van der Waals surface area (Å²) < 4.78 is 0. The Bertz CT molecular complexity index is 455. The lowest BCUT2D eigenvalue weighted by molar-refractivity contribution is 0.0944. The number of carbonyl (C=O) groups excluding carboxylic acids is 1. The Kier molecular flexibility index (Phi) is 5.28. The number of hydrogen-bond donors (Lipinski definition) is 1. The highest BCUT2D eigenvalue weighted by Crippen LogP contribution is 2.28. The molecule has 1 fully saturated rings. The lowest BCUT2D eigenvalue weighted by Crippen LogP contribution is -2.31. The van der Waals surface area contributed by atoms with Gasteiger partial charge in [0.1, 0.15) is 0 Å². The SMILES string of the molecule is Cc1ccc(C(=O)NCC2CCC(Br)CC2)c(Cl)c1. The number of carbonyl (C=O) groups is 1. The van der Waals surface area contributed by atoms with Crippen LogP contribution < -0.4 is 5.32 Å². The minimum Gasteiger partial charge on any atom is -0.352 e. The van der Waals surface area contributed by atoms with Gasteiger partial charge >= 0.3 is 0 Å². The van der Waals surface area contributed by atoms with Crippen LogP contribution in [-0.2, 0) is 0 Å². The summed E-state index contributed by atoms with van der Waals surface area (Å²) >= 11 is 9.74. The Balaban J connectivity index is 1.87. The van der Waals surface area contributed by atoms with E-state index in [1.165, 1.54) is 25.7 Å². The Morgan fingerprint density at radius 3 is 2.68 bits per heavy atom. The van der Waals surface area contributed by atoms with E-state index in [-0.39, 0.29) is 5.91 Å². The summed E-state index contributed by atoms with van der Waals surface area (Å²) in [7, 11) is 0. The van der Waals surface area contributed by atoms with Crippen molar-refractivity contribution in [2.45, 2.75) is 37.4 Å². The molecule has 19 heavy (non-hydrogen) atoms. The summed E-state index contributed by atoms with van der Waals surface area (Å²) in [5.74, 6) is 0.535. The van der Waals surface area contributed by atoms with Crippen LogP contribution in [0.3, 0.4) is 0 Å². The van der Waals surface area contributed by atoms with Crippen molar-refractivity contribution in [3.8, 4) is 0 Å². The zero-order valence-corrected chi connectivity index (χ0v) is 13.4. The second-order valence-electron chi connectivity index (χ2n) is 5.31. The molecule has 0 spiro atoms. The number of hydrogen-bond acceptors (Lipinski definition) is 1. The number of amides is 1. The standard InChI is InChI=1S/C15H19BrClNO/c1-10-2-7-13(14(17)8-10)15(19)18-9-11-3-5-12(16)6-4-11/h2,7-8,11-12H,3-6,9H2,1H3,(H,18,19). The molecule has 1 aromatic rings. The Hall–Kier alpha value is -0.540. The van der Waals surface area contributed by atoms with Crippen LogP contribution in [0.2, 0.25) is 5.02 Å². The monoisotopic (exact) mass is 343 g/mol. The van der Waals surface area contributed by atoms with Crippen molar-refractivity contribution in [3.05, 3.63) is 34.3 Å². The highest BCUT2D eigenvalue weighted by atomic mass is 79.9. The van der Waals surface area contributed by atoms with Crippen molar-refractivity contribution in [2.24, 2.45) is 5.92 Å². The van der Waals surface area contributed by atoms with Gasteiger partial charge in [0.25, 0.3) is 5.91 Å². The molecule has 0 saturated heterocycles. The summed E-state index contributed by atoms with van der Waals surface area (Å²) in [6, 6.07) is 5.53. The minimum atomic E-state index is -0.0639. The summed E-state index contributed by atoms with van der Waals surface area (Å²) in [6.07, 6.45) is 4.76. The second-order valence-corrected chi connectivity index (χ2v) is 7.01. The molecule has 0 unspecified atom stereocenters. The molecular weight excluding hydrogens is 326 g/mol. The summed E-state index contributed by atoms with van der Waals surface area (Å²) in [5.41, 5.74) is 1.64. The fraction of sp³-hybridized carbons (Fsp3) is 0.533. The number of halogens is 2. The largest absolute Gasteiger partial charge is 0.352 e. The molecule has 2 nitrogen and oxygen atoms in total. The number of rotatable bonds is 3. The maximum Gasteiger partial charge on any atom is 0.252 e. The molecule has 1 N–H and O–H groups in total. The number of alkyl halides is 1. The van der Waals surface area contributed by atoms with E-state index in [0.29, 0.717) is 21.3 Å². The third-order valence-electron chi connectivity index (χ3n) is 3.70. The van der Waals surface area contributed by atoms with Gasteiger partial charge < -0.3 is 5.32 Å². The van der Waals surface area contributed by atoms with E-state index < -0.39 is 0 Å². The molecule has 0 atom stereocenters. The summed E-state index contributed by atoms with van der Waals surface area (Å²) in [6.45, 7) is 2.72. The maximum absolute atomic E-state index is 12.1. The zero-order valence-electron chi connectivity index (χ0n) is 11.1. The summed E-state index contributed by atoms with van der Waals surface area (Å²) in [5, 5.41) is 3.53. The first-order chi connectivity index (χ1) is 9.06. The first-order valence-corrected chi connectivity index (χ1v) is 8.04. The molecule has 0 radical (unpaired) electrons. The number of aryl methyl sites for hydroxylation is 1. The molecule has 0 aliphatic heterocycles. The van der Waals surface area contributed by atoms with Crippen molar-refractivity contribution in [1.82, 2.24) is 5.32 Å². The van der Waals surface area contributed by atoms with Crippen LogP contribution in [0.1, 0.15) is 41.6 Å². The van der Waals surface area contributed by atoms with E-state index in [1.54, 1.807) is 6.07 Å². The molecule has 2 rings (SSSR count). The molecule has 1 saturated carbocycles. The number of benzene rings is 1. The van der Waals surface area contributed by atoms with Crippen LogP contribution >= 0.6 is 27.5 Å². The molecule has 1 aliphatic rings. The van der Waals surface area contributed by atoms with Gasteiger partial charge in [-0.2, -0.15) is 0 Å². The van der Waals surface area contributed by atoms with Crippen LogP contribution in [-0.4, -0.2) is 17.3 Å². The topological polar surface area (TPSA) is 29.1 Å². The van der Waals surface area contributed by atoms with E-state index in [2.05, 4.69) is 21.2 Å². The average Bonchev–Trinajstić information content (AvgIpc) is 2.37. The van der Waals surface area contributed by atoms with Gasteiger partial charge in [0.05, 0.1) is 10.6 Å². The third-order valence-corrected chi connectivity index (χ3v) is 4.93. The van der Waals surface area contributed by atoms with Crippen LogP contribution in [0, 0.1) is 12.8 Å². The van der Waals surface area contributed by atoms with Gasteiger partial charge in [-0.05, 0) is 56.2 Å². The van der Waals surface area contributed by atoms with E-state index in [9.17, 15) is 4.79 Å². The quantitative estimate of drug-likeness (QED) is 0.812. The lowest BCUT2D eigenvalue weighted by Gasteiger charge is -2.25.